The average molecular weight is 276 g/mol. The van der Waals surface area contributed by atoms with Gasteiger partial charge in [0, 0.05) is 23.7 Å². The molecule has 0 saturated heterocycles. The highest BCUT2D eigenvalue weighted by molar-refractivity contribution is 8.00. The third-order valence-corrected chi connectivity index (χ3v) is 3.70. The summed E-state index contributed by atoms with van der Waals surface area (Å²) in [7, 11) is 1.85. The van der Waals surface area contributed by atoms with Crippen molar-refractivity contribution < 1.29 is 14.3 Å². The molecule has 0 saturated carbocycles. The number of rotatable bonds is 4. The van der Waals surface area contributed by atoms with Gasteiger partial charge in [-0.3, -0.25) is 9.48 Å². The van der Waals surface area contributed by atoms with E-state index in [0.717, 1.165) is 4.90 Å². The standard InChI is InChI=1S/C13H12N2O3S/c1-15-6-10(5-14-15)19-7-11(16)9-2-3-12-13(4-9)18-8-17-12/h2-6H,7-8H2,1H3. The van der Waals surface area contributed by atoms with Gasteiger partial charge in [0.05, 0.1) is 11.9 Å². The molecule has 19 heavy (non-hydrogen) atoms. The summed E-state index contributed by atoms with van der Waals surface area (Å²) in [6.45, 7) is 0.220. The number of carbonyl (C=O) groups excluding carboxylic acids is 1. The molecule has 0 N–H and O–H groups in total. The molecule has 5 nitrogen and oxygen atoms in total. The number of benzene rings is 1. The van der Waals surface area contributed by atoms with E-state index in [1.54, 1.807) is 29.1 Å². The lowest BCUT2D eigenvalue weighted by atomic mass is 10.1. The fourth-order valence-electron chi connectivity index (χ4n) is 1.78. The zero-order valence-corrected chi connectivity index (χ0v) is 11.1. The van der Waals surface area contributed by atoms with Crippen LogP contribution in [0.2, 0.25) is 0 Å². The van der Waals surface area contributed by atoms with Crippen LogP contribution in [0.3, 0.4) is 0 Å². The number of ketones is 1. The maximum absolute atomic E-state index is 12.1. The number of nitrogens with zero attached hydrogens (tertiary/aromatic N) is 2. The predicted molar refractivity (Wildman–Crippen MR) is 70.8 cm³/mol. The topological polar surface area (TPSA) is 53.4 Å². The van der Waals surface area contributed by atoms with Crippen molar-refractivity contribution in [2.75, 3.05) is 12.5 Å². The second-order valence-corrected chi connectivity index (χ2v) is 5.18. The maximum Gasteiger partial charge on any atom is 0.231 e. The number of aryl methyl sites for hydroxylation is 1. The second kappa shape index (κ2) is 4.97. The van der Waals surface area contributed by atoms with Crippen molar-refractivity contribution in [2.24, 2.45) is 7.05 Å². The first-order valence-electron chi connectivity index (χ1n) is 5.77. The Bertz CT molecular complexity index is 624. The van der Waals surface area contributed by atoms with Crippen LogP contribution >= 0.6 is 11.8 Å². The third kappa shape index (κ3) is 2.58. The van der Waals surface area contributed by atoms with Gasteiger partial charge >= 0.3 is 0 Å². The van der Waals surface area contributed by atoms with Gasteiger partial charge in [-0.05, 0) is 18.2 Å². The quantitative estimate of drug-likeness (QED) is 0.632. The molecule has 6 heteroatoms. The van der Waals surface area contributed by atoms with E-state index in [-0.39, 0.29) is 12.6 Å². The molecule has 2 heterocycles. The molecule has 0 radical (unpaired) electrons. The van der Waals surface area contributed by atoms with Crippen LogP contribution in [0.4, 0.5) is 0 Å². The molecule has 0 unspecified atom stereocenters. The number of aromatic nitrogens is 2. The van der Waals surface area contributed by atoms with Crippen LogP contribution in [0, 0.1) is 0 Å². The van der Waals surface area contributed by atoms with E-state index in [1.165, 1.54) is 11.8 Å². The molecule has 0 fully saturated rings. The Morgan fingerprint density at radius 3 is 3.05 bits per heavy atom. The number of carbonyl (C=O) groups is 1. The maximum atomic E-state index is 12.1. The van der Waals surface area contributed by atoms with Gasteiger partial charge in [0.15, 0.2) is 17.3 Å². The van der Waals surface area contributed by atoms with Crippen molar-refractivity contribution in [3.8, 4) is 11.5 Å². The Morgan fingerprint density at radius 1 is 1.42 bits per heavy atom. The SMILES string of the molecule is Cn1cc(SCC(=O)c2ccc3c(c2)OCO3)cn1. The van der Waals surface area contributed by atoms with Crippen molar-refractivity contribution in [3.63, 3.8) is 0 Å². The first kappa shape index (κ1) is 12.1. The predicted octanol–water partition coefficient (Wildman–Crippen LogP) is 2.12. The lowest BCUT2D eigenvalue weighted by molar-refractivity contribution is 0.102. The fourth-order valence-corrected chi connectivity index (χ4v) is 2.59. The van der Waals surface area contributed by atoms with Gasteiger partial charge in [-0.25, -0.2) is 0 Å². The van der Waals surface area contributed by atoms with Gasteiger partial charge in [0.1, 0.15) is 0 Å². The molecule has 0 bridgehead atoms. The summed E-state index contributed by atoms with van der Waals surface area (Å²) >= 11 is 1.47. The summed E-state index contributed by atoms with van der Waals surface area (Å²) in [5.74, 6) is 1.77. The zero-order valence-electron chi connectivity index (χ0n) is 10.3. The van der Waals surface area contributed by atoms with Crippen molar-refractivity contribution in [1.29, 1.82) is 0 Å². The Kier molecular flexibility index (Phi) is 3.16. The highest BCUT2D eigenvalue weighted by Gasteiger charge is 2.16. The minimum Gasteiger partial charge on any atom is -0.454 e. The van der Waals surface area contributed by atoms with E-state index in [0.29, 0.717) is 22.8 Å². The molecule has 3 rings (SSSR count). The molecule has 1 aromatic carbocycles. The highest BCUT2D eigenvalue weighted by Crippen LogP contribution is 2.33. The summed E-state index contributed by atoms with van der Waals surface area (Å²) in [6, 6.07) is 5.26. The van der Waals surface area contributed by atoms with Gasteiger partial charge in [-0.15, -0.1) is 11.8 Å². The van der Waals surface area contributed by atoms with Crippen molar-refractivity contribution >= 4 is 17.5 Å². The van der Waals surface area contributed by atoms with E-state index in [4.69, 9.17) is 9.47 Å². The van der Waals surface area contributed by atoms with Crippen molar-refractivity contribution in [1.82, 2.24) is 9.78 Å². The van der Waals surface area contributed by atoms with Crippen LogP contribution in [0.25, 0.3) is 0 Å². The van der Waals surface area contributed by atoms with E-state index < -0.39 is 0 Å². The molecule has 2 aromatic rings. The Balaban J connectivity index is 1.67. The number of hydrogen-bond donors (Lipinski definition) is 0. The smallest absolute Gasteiger partial charge is 0.231 e. The van der Waals surface area contributed by atoms with E-state index in [9.17, 15) is 4.79 Å². The fraction of sp³-hybridized carbons (Fsp3) is 0.231. The number of Topliss-reactive ketones (excluding diaryl/α,β-unsaturated/α-hetero) is 1. The van der Waals surface area contributed by atoms with Gasteiger partial charge in [-0.1, -0.05) is 0 Å². The van der Waals surface area contributed by atoms with Crippen LogP contribution < -0.4 is 9.47 Å². The highest BCUT2D eigenvalue weighted by atomic mass is 32.2. The van der Waals surface area contributed by atoms with Crippen LogP contribution in [-0.2, 0) is 7.05 Å². The molecule has 1 aromatic heterocycles. The molecule has 1 aliphatic heterocycles. The van der Waals surface area contributed by atoms with Gasteiger partial charge in [0.25, 0.3) is 0 Å². The molecular formula is C13H12N2O3S. The largest absolute Gasteiger partial charge is 0.454 e. The van der Waals surface area contributed by atoms with E-state index >= 15 is 0 Å². The van der Waals surface area contributed by atoms with Gasteiger partial charge < -0.3 is 9.47 Å². The van der Waals surface area contributed by atoms with Crippen LogP contribution in [0.15, 0.2) is 35.5 Å². The monoisotopic (exact) mass is 276 g/mol. The molecule has 0 spiro atoms. The molecule has 0 atom stereocenters. The average Bonchev–Trinajstić information content (AvgIpc) is 3.03. The Labute approximate surface area is 114 Å². The van der Waals surface area contributed by atoms with Gasteiger partial charge in [0.2, 0.25) is 6.79 Å². The number of thioether (sulfide) groups is 1. The number of hydrogen-bond acceptors (Lipinski definition) is 5. The summed E-state index contributed by atoms with van der Waals surface area (Å²) in [4.78, 5) is 13.1. The van der Waals surface area contributed by atoms with Crippen LogP contribution in [0.1, 0.15) is 10.4 Å². The molecule has 0 amide bonds. The number of fused-ring (bicyclic) bond motifs is 1. The summed E-state index contributed by atoms with van der Waals surface area (Å²) in [5.41, 5.74) is 0.639. The summed E-state index contributed by atoms with van der Waals surface area (Å²) < 4.78 is 12.2. The lowest BCUT2D eigenvalue weighted by Crippen LogP contribution is -2.01. The molecular weight excluding hydrogens is 264 g/mol. The Morgan fingerprint density at radius 2 is 2.26 bits per heavy atom. The van der Waals surface area contributed by atoms with Crippen LogP contribution in [0.5, 0.6) is 11.5 Å². The summed E-state index contributed by atoms with van der Waals surface area (Å²) in [5, 5.41) is 4.06. The summed E-state index contributed by atoms with van der Waals surface area (Å²) in [6.07, 6.45) is 3.63. The Hall–Kier alpha value is -1.95. The number of ether oxygens (including phenoxy) is 2. The lowest BCUT2D eigenvalue weighted by Gasteiger charge is -2.01. The third-order valence-electron chi connectivity index (χ3n) is 2.75. The molecule has 1 aliphatic rings. The minimum atomic E-state index is 0.0622. The minimum absolute atomic E-state index is 0.0622. The zero-order chi connectivity index (χ0) is 13.2. The van der Waals surface area contributed by atoms with E-state index in [1.807, 2.05) is 13.2 Å². The first-order valence-corrected chi connectivity index (χ1v) is 6.75. The molecule has 98 valence electrons. The van der Waals surface area contributed by atoms with E-state index in [2.05, 4.69) is 5.10 Å². The van der Waals surface area contributed by atoms with Crippen molar-refractivity contribution in [2.45, 2.75) is 4.90 Å². The first-order chi connectivity index (χ1) is 9.22. The molecule has 0 aliphatic carbocycles. The second-order valence-electron chi connectivity index (χ2n) is 4.13. The van der Waals surface area contributed by atoms with Crippen LogP contribution in [-0.4, -0.2) is 28.1 Å². The van der Waals surface area contributed by atoms with Crippen molar-refractivity contribution in [3.05, 3.63) is 36.2 Å². The normalized spacial score (nSPS) is 12.7. The van der Waals surface area contributed by atoms with Gasteiger partial charge in [-0.2, -0.15) is 5.10 Å².